The summed E-state index contributed by atoms with van der Waals surface area (Å²) in [5.41, 5.74) is 11.1. The van der Waals surface area contributed by atoms with Crippen LogP contribution in [0, 0.1) is 40.5 Å². The molecule has 2 rings (SSSR count). The van der Waals surface area contributed by atoms with Gasteiger partial charge in [-0.15, -0.1) is 0 Å². The first-order valence-corrected chi connectivity index (χ1v) is 9.85. The molecular formula is C18H30N2O2S. The van der Waals surface area contributed by atoms with E-state index in [0.29, 0.717) is 18.0 Å². The third kappa shape index (κ3) is 3.19. The van der Waals surface area contributed by atoms with Crippen molar-refractivity contribution in [1.29, 1.82) is 0 Å². The summed E-state index contributed by atoms with van der Waals surface area (Å²) >= 11 is 0. The molecular weight excluding hydrogens is 308 g/mol. The van der Waals surface area contributed by atoms with Gasteiger partial charge in [0.1, 0.15) is 0 Å². The SMILES string of the molecule is Cc1c(C)c(C)c(S(=O)(=O)N2CCCC(C(C)N)C2)c(C)c1C. The van der Waals surface area contributed by atoms with Gasteiger partial charge in [-0.1, -0.05) is 0 Å². The van der Waals surface area contributed by atoms with E-state index in [0.717, 1.165) is 35.1 Å². The van der Waals surface area contributed by atoms with Crippen LogP contribution >= 0.6 is 0 Å². The minimum atomic E-state index is -3.47. The predicted molar refractivity (Wildman–Crippen MR) is 95.3 cm³/mol. The van der Waals surface area contributed by atoms with Gasteiger partial charge in [-0.25, -0.2) is 8.42 Å². The third-order valence-electron chi connectivity index (χ3n) is 5.69. The standard InChI is InChI=1S/C18H30N2O2S/c1-11-12(2)14(4)18(15(5)13(11)3)23(21,22)20-9-7-8-17(10-20)16(6)19/h16-17H,7-10,19H2,1-6H3. The van der Waals surface area contributed by atoms with Crippen molar-refractivity contribution in [3.05, 3.63) is 27.8 Å². The van der Waals surface area contributed by atoms with Crippen molar-refractivity contribution in [2.24, 2.45) is 11.7 Å². The lowest BCUT2D eigenvalue weighted by molar-refractivity contribution is 0.243. The number of benzene rings is 1. The average molecular weight is 339 g/mol. The van der Waals surface area contributed by atoms with Gasteiger partial charge in [-0.3, -0.25) is 0 Å². The fourth-order valence-electron chi connectivity index (χ4n) is 3.60. The Bertz CT molecular complexity index is 679. The summed E-state index contributed by atoms with van der Waals surface area (Å²) in [7, 11) is -3.47. The van der Waals surface area contributed by atoms with Crippen LogP contribution in [0.4, 0.5) is 0 Å². The zero-order valence-corrected chi connectivity index (χ0v) is 16.0. The predicted octanol–water partition coefficient (Wildman–Crippen LogP) is 2.98. The van der Waals surface area contributed by atoms with Crippen LogP contribution in [-0.4, -0.2) is 31.9 Å². The van der Waals surface area contributed by atoms with Gasteiger partial charge >= 0.3 is 0 Å². The normalized spacial score (nSPS) is 21.4. The molecule has 2 atom stereocenters. The maximum Gasteiger partial charge on any atom is 0.243 e. The molecule has 0 spiro atoms. The van der Waals surface area contributed by atoms with E-state index in [-0.39, 0.29) is 12.0 Å². The zero-order chi connectivity index (χ0) is 17.5. The van der Waals surface area contributed by atoms with Gasteiger partial charge in [0.2, 0.25) is 10.0 Å². The Balaban J connectivity index is 2.53. The second-order valence-electron chi connectivity index (χ2n) is 7.08. The summed E-state index contributed by atoms with van der Waals surface area (Å²) in [6, 6.07) is 0.0247. The maximum absolute atomic E-state index is 13.3. The number of nitrogens with zero attached hydrogens (tertiary/aromatic N) is 1. The number of rotatable bonds is 3. The van der Waals surface area contributed by atoms with Gasteiger partial charge in [0.15, 0.2) is 0 Å². The molecule has 1 aromatic rings. The number of sulfonamides is 1. The molecule has 0 aromatic heterocycles. The second kappa shape index (κ2) is 6.54. The lowest BCUT2D eigenvalue weighted by atomic mass is 9.93. The highest BCUT2D eigenvalue weighted by atomic mass is 32.2. The molecule has 4 nitrogen and oxygen atoms in total. The molecule has 130 valence electrons. The Morgan fingerprint density at radius 3 is 1.96 bits per heavy atom. The molecule has 1 aromatic carbocycles. The fourth-order valence-corrected chi connectivity index (χ4v) is 5.70. The lowest BCUT2D eigenvalue weighted by Gasteiger charge is -2.34. The summed E-state index contributed by atoms with van der Waals surface area (Å²) in [5.74, 6) is 0.242. The molecule has 0 amide bonds. The van der Waals surface area contributed by atoms with Crippen LogP contribution in [0.5, 0.6) is 0 Å². The van der Waals surface area contributed by atoms with E-state index in [9.17, 15) is 8.42 Å². The number of hydrogen-bond acceptors (Lipinski definition) is 3. The van der Waals surface area contributed by atoms with Gasteiger partial charge < -0.3 is 5.73 Å². The number of nitrogens with two attached hydrogens (primary N) is 1. The molecule has 5 heteroatoms. The first kappa shape index (κ1) is 18.4. The van der Waals surface area contributed by atoms with E-state index < -0.39 is 10.0 Å². The van der Waals surface area contributed by atoms with Gasteiger partial charge in [0, 0.05) is 19.1 Å². The van der Waals surface area contributed by atoms with Crippen molar-refractivity contribution < 1.29 is 8.42 Å². The summed E-state index contributed by atoms with van der Waals surface area (Å²) in [6.07, 6.45) is 1.89. The van der Waals surface area contributed by atoms with Crippen LogP contribution in [0.25, 0.3) is 0 Å². The monoisotopic (exact) mass is 338 g/mol. The van der Waals surface area contributed by atoms with E-state index in [1.165, 1.54) is 5.56 Å². The van der Waals surface area contributed by atoms with Crippen LogP contribution in [-0.2, 0) is 10.0 Å². The van der Waals surface area contributed by atoms with Gasteiger partial charge in [0.05, 0.1) is 4.90 Å². The second-order valence-corrected chi connectivity index (χ2v) is 8.95. The highest BCUT2D eigenvalue weighted by Crippen LogP contribution is 2.33. The van der Waals surface area contributed by atoms with Crippen molar-refractivity contribution in [3.63, 3.8) is 0 Å². The molecule has 0 radical (unpaired) electrons. The highest BCUT2D eigenvalue weighted by molar-refractivity contribution is 7.89. The highest BCUT2D eigenvalue weighted by Gasteiger charge is 2.34. The van der Waals surface area contributed by atoms with Crippen molar-refractivity contribution in [3.8, 4) is 0 Å². The quantitative estimate of drug-likeness (QED) is 0.921. The minimum absolute atomic E-state index is 0.0247. The Morgan fingerprint density at radius 1 is 1.00 bits per heavy atom. The Kier molecular flexibility index (Phi) is 5.24. The molecule has 0 saturated carbocycles. The van der Waals surface area contributed by atoms with Crippen molar-refractivity contribution in [2.75, 3.05) is 13.1 Å². The number of piperidine rings is 1. The van der Waals surface area contributed by atoms with E-state index in [2.05, 4.69) is 6.92 Å². The molecule has 2 unspecified atom stereocenters. The van der Waals surface area contributed by atoms with E-state index in [4.69, 9.17) is 5.73 Å². The molecule has 23 heavy (non-hydrogen) atoms. The summed E-state index contributed by atoms with van der Waals surface area (Å²) in [5, 5.41) is 0. The molecule has 1 saturated heterocycles. The van der Waals surface area contributed by atoms with Crippen molar-refractivity contribution in [2.45, 2.75) is 65.3 Å². The van der Waals surface area contributed by atoms with Crippen LogP contribution in [0.2, 0.25) is 0 Å². The molecule has 1 fully saturated rings. The first-order valence-electron chi connectivity index (χ1n) is 8.41. The van der Waals surface area contributed by atoms with Crippen LogP contribution in [0.15, 0.2) is 4.90 Å². The third-order valence-corrected chi connectivity index (χ3v) is 7.83. The molecule has 1 aliphatic heterocycles. The Morgan fingerprint density at radius 2 is 1.48 bits per heavy atom. The molecule has 1 heterocycles. The van der Waals surface area contributed by atoms with Crippen LogP contribution in [0.3, 0.4) is 0 Å². The van der Waals surface area contributed by atoms with E-state index >= 15 is 0 Å². The molecule has 0 bridgehead atoms. The largest absolute Gasteiger partial charge is 0.328 e. The fraction of sp³-hybridized carbons (Fsp3) is 0.667. The Hall–Kier alpha value is -0.910. The van der Waals surface area contributed by atoms with Crippen LogP contribution < -0.4 is 5.73 Å². The molecule has 2 N–H and O–H groups in total. The van der Waals surface area contributed by atoms with Gasteiger partial charge in [-0.2, -0.15) is 4.31 Å². The number of hydrogen-bond donors (Lipinski definition) is 1. The average Bonchev–Trinajstić information content (AvgIpc) is 2.51. The lowest BCUT2D eigenvalue weighted by Crippen LogP contribution is -2.45. The smallest absolute Gasteiger partial charge is 0.243 e. The van der Waals surface area contributed by atoms with Gasteiger partial charge in [0.25, 0.3) is 0 Å². The maximum atomic E-state index is 13.3. The Labute approximate surface area is 141 Å². The van der Waals surface area contributed by atoms with Crippen molar-refractivity contribution in [1.82, 2.24) is 4.31 Å². The minimum Gasteiger partial charge on any atom is -0.328 e. The molecule has 0 aliphatic carbocycles. The van der Waals surface area contributed by atoms with E-state index in [1.807, 2.05) is 34.6 Å². The topological polar surface area (TPSA) is 63.4 Å². The first-order chi connectivity index (χ1) is 10.6. The molecule has 1 aliphatic rings. The van der Waals surface area contributed by atoms with Crippen molar-refractivity contribution >= 4 is 10.0 Å². The summed E-state index contributed by atoms with van der Waals surface area (Å²) in [4.78, 5) is 0.503. The zero-order valence-electron chi connectivity index (χ0n) is 15.2. The summed E-state index contributed by atoms with van der Waals surface area (Å²) in [6.45, 7) is 13.0. The summed E-state index contributed by atoms with van der Waals surface area (Å²) < 4.78 is 28.2. The van der Waals surface area contributed by atoms with Crippen LogP contribution in [0.1, 0.15) is 47.6 Å². The van der Waals surface area contributed by atoms with Gasteiger partial charge in [-0.05, 0) is 88.1 Å². The van der Waals surface area contributed by atoms with E-state index in [1.54, 1.807) is 4.31 Å².